The number of carbonyl (C=O) groups excluding carboxylic acids is 1. The smallest absolute Gasteiger partial charge is 0.225 e. The van der Waals surface area contributed by atoms with Crippen LogP contribution in [-0.4, -0.2) is 41.0 Å². The SMILES string of the molecule is CC(=O)NC1CCN(c2ncc(CNC3CC3)cn2)C1. The van der Waals surface area contributed by atoms with Crippen molar-refractivity contribution in [3.05, 3.63) is 18.0 Å². The lowest BCUT2D eigenvalue weighted by Gasteiger charge is -2.16. The van der Waals surface area contributed by atoms with Crippen molar-refractivity contribution in [1.29, 1.82) is 0 Å². The van der Waals surface area contributed by atoms with Gasteiger partial charge in [-0.1, -0.05) is 0 Å². The predicted octanol–water partition coefficient (Wildman–Crippen LogP) is 0.443. The summed E-state index contributed by atoms with van der Waals surface area (Å²) in [5.41, 5.74) is 1.12. The van der Waals surface area contributed by atoms with Crippen LogP contribution in [0.3, 0.4) is 0 Å². The molecule has 0 radical (unpaired) electrons. The Kier molecular flexibility index (Phi) is 3.82. The second-order valence-electron chi connectivity index (χ2n) is 5.68. The molecule has 1 atom stereocenters. The van der Waals surface area contributed by atoms with Gasteiger partial charge in [0.1, 0.15) is 0 Å². The highest BCUT2D eigenvalue weighted by atomic mass is 16.1. The first-order valence-electron chi connectivity index (χ1n) is 7.27. The van der Waals surface area contributed by atoms with E-state index in [1.54, 1.807) is 6.92 Å². The topological polar surface area (TPSA) is 70.2 Å². The van der Waals surface area contributed by atoms with E-state index in [0.29, 0.717) is 6.04 Å². The molecule has 1 aliphatic heterocycles. The summed E-state index contributed by atoms with van der Waals surface area (Å²) >= 11 is 0. The van der Waals surface area contributed by atoms with Crippen molar-refractivity contribution in [1.82, 2.24) is 20.6 Å². The molecule has 1 aromatic rings. The summed E-state index contributed by atoms with van der Waals surface area (Å²) in [4.78, 5) is 22.0. The van der Waals surface area contributed by atoms with Gasteiger partial charge < -0.3 is 15.5 Å². The zero-order valence-corrected chi connectivity index (χ0v) is 11.8. The van der Waals surface area contributed by atoms with Gasteiger partial charge in [0.05, 0.1) is 0 Å². The van der Waals surface area contributed by atoms with E-state index in [9.17, 15) is 4.79 Å². The van der Waals surface area contributed by atoms with Crippen LogP contribution in [0, 0.1) is 0 Å². The summed E-state index contributed by atoms with van der Waals surface area (Å²) in [6, 6.07) is 0.916. The number of amides is 1. The molecule has 108 valence electrons. The number of aromatic nitrogens is 2. The van der Waals surface area contributed by atoms with Gasteiger partial charge in [-0.15, -0.1) is 0 Å². The molecule has 1 amide bonds. The molecule has 20 heavy (non-hydrogen) atoms. The molecule has 0 spiro atoms. The first kappa shape index (κ1) is 13.3. The van der Waals surface area contributed by atoms with Crippen LogP contribution < -0.4 is 15.5 Å². The van der Waals surface area contributed by atoms with E-state index >= 15 is 0 Å². The molecule has 0 bridgehead atoms. The molecule has 1 unspecified atom stereocenters. The number of carbonyl (C=O) groups is 1. The standard InChI is InChI=1S/C14H21N5O/c1-10(20)18-13-4-5-19(9-13)14-16-7-11(8-17-14)6-15-12-2-3-12/h7-8,12-13,15H,2-6,9H2,1H3,(H,18,20). The van der Waals surface area contributed by atoms with E-state index in [0.717, 1.165) is 37.6 Å². The Labute approximate surface area is 119 Å². The van der Waals surface area contributed by atoms with E-state index in [-0.39, 0.29) is 11.9 Å². The van der Waals surface area contributed by atoms with Gasteiger partial charge in [0.25, 0.3) is 0 Å². The van der Waals surface area contributed by atoms with Crippen LogP contribution in [0.4, 0.5) is 5.95 Å². The van der Waals surface area contributed by atoms with Crippen LogP contribution in [0.1, 0.15) is 31.7 Å². The predicted molar refractivity (Wildman–Crippen MR) is 76.3 cm³/mol. The maximum atomic E-state index is 11.1. The average Bonchev–Trinajstić information content (AvgIpc) is 3.15. The maximum Gasteiger partial charge on any atom is 0.225 e. The largest absolute Gasteiger partial charge is 0.352 e. The van der Waals surface area contributed by atoms with Crippen molar-refractivity contribution in [2.75, 3.05) is 18.0 Å². The lowest BCUT2D eigenvalue weighted by molar-refractivity contribution is -0.119. The van der Waals surface area contributed by atoms with Gasteiger partial charge in [-0.3, -0.25) is 4.79 Å². The minimum absolute atomic E-state index is 0.0271. The summed E-state index contributed by atoms with van der Waals surface area (Å²) in [6.45, 7) is 4.09. The van der Waals surface area contributed by atoms with Gasteiger partial charge in [0.2, 0.25) is 11.9 Å². The molecule has 1 aliphatic carbocycles. The molecule has 1 aromatic heterocycles. The van der Waals surface area contributed by atoms with Gasteiger partial charge in [0.15, 0.2) is 0 Å². The highest BCUT2D eigenvalue weighted by Gasteiger charge is 2.25. The number of nitrogens with zero attached hydrogens (tertiary/aromatic N) is 3. The number of anilines is 1. The molecule has 2 fully saturated rings. The number of nitrogens with one attached hydrogen (secondary N) is 2. The molecule has 1 saturated heterocycles. The Hall–Kier alpha value is -1.69. The van der Waals surface area contributed by atoms with Crippen molar-refractivity contribution in [3.8, 4) is 0 Å². The number of hydrogen-bond acceptors (Lipinski definition) is 5. The Morgan fingerprint density at radius 3 is 2.70 bits per heavy atom. The van der Waals surface area contributed by atoms with Gasteiger partial charge in [-0.25, -0.2) is 9.97 Å². The van der Waals surface area contributed by atoms with E-state index in [1.807, 2.05) is 12.4 Å². The van der Waals surface area contributed by atoms with Crippen LogP contribution >= 0.6 is 0 Å². The Morgan fingerprint density at radius 1 is 1.30 bits per heavy atom. The van der Waals surface area contributed by atoms with Crippen LogP contribution in [0.25, 0.3) is 0 Å². The zero-order chi connectivity index (χ0) is 13.9. The molecule has 2 heterocycles. The third-order valence-corrected chi connectivity index (χ3v) is 3.74. The fraction of sp³-hybridized carbons (Fsp3) is 0.643. The molecule has 6 nitrogen and oxygen atoms in total. The fourth-order valence-electron chi connectivity index (χ4n) is 2.50. The molecule has 3 rings (SSSR count). The average molecular weight is 275 g/mol. The third-order valence-electron chi connectivity index (χ3n) is 3.74. The van der Waals surface area contributed by atoms with Gasteiger partial charge >= 0.3 is 0 Å². The van der Waals surface area contributed by atoms with Crippen molar-refractivity contribution in [2.24, 2.45) is 0 Å². The van der Waals surface area contributed by atoms with Crippen molar-refractivity contribution < 1.29 is 4.79 Å². The van der Waals surface area contributed by atoms with Crippen LogP contribution in [0.15, 0.2) is 12.4 Å². The van der Waals surface area contributed by atoms with Gasteiger partial charge in [0, 0.05) is 56.6 Å². The lowest BCUT2D eigenvalue weighted by atomic mass is 10.3. The molecule has 0 aromatic carbocycles. The van der Waals surface area contributed by atoms with Crippen LogP contribution in [0.2, 0.25) is 0 Å². The van der Waals surface area contributed by atoms with Crippen LogP contribution in [0.5, 0.6) is 0 Å². The zero-order valence-electron chi connectivity index (χ0n) is 11.8. The molecular weight excluding hydrogens is 254 g/mol. The van der Waals surface area contributed by atoms with Crippen LogP contribution in [-0.2, 0) is 11.3 Å². The normalized spacial score (nSPS) is 22.1. The van der Waals surface area contributed by atoms with E-state index in [4.69, 9.17) is 0 Å². The summed E-state index contributed by atoms with van der Waals surface area (Å²) in [5.74, 6) is 0.785. The molecule has 6 heteroatoms. The quantitative estimate of drug-likeness (QED) is 0.816. The minimum atomic E-state index is 0.0271. The first-order chi connectivity index (χ1) is 9.70. The molecule has 1 saturated carbocycles. The van der Waals surface area contributed by atoms with Crippen molar-refractivity contribution >= 4 is 11.9 Å². The third kappa shape index (κ3) is 3.45. The van der Waals surface area contributed by atoms with E-state index in [1.165, 1.54) is 12.8 Å². The molecular formula is C14H21N5O. The van der Waals surface area contributed by atoms with Crippen molar-refractivity contribution in [3.63, 3.8) is 0 Å². The maximum absolute atomic E-state index is 11.1. The second-order valence-corrected chi connectivity index (χ2v) is 5.68. The number of rotatable bonds is 5. The number of hydrogen-bond donors (Lipinski definition) is 2. The summed E-state index contributed by atoms with van der Waals surface area (Å²) in [5, 5.41) is 6.40. The monoisotopic (exact) mass is 275 g/mol. The minimum Gasteiger partial charge on any atom is -0.352 e. The second kappa shape index (κ2) is 5.75. The summed E-state index contributed by atoms with van der Waals surface area (Å²) < 4.78 is 0. The summed E-state index contributed by atoms with van der Waals surface area (Å²) in [6.07, 6.45) is 7.31. The van der Waals surface area contributed by atoms with Gasteiger partial charge in [-0.2, -0.15) is 0 Å². The van der Waals surface area contributed by atoms with E-state index < -0.39 is 0 Å². The highest BCUT2D eigenvalue weighted by molar-refractivity contribution is 5.73. The Morgan fingerprint density at radius 2 is 2.05 bits per heavy atom. The van der Waals surface area contributed by atoms with E-state index in [2.05, 4.69) is 25.5 Å². The first-order valence-corrected chi connectivity index (χ1v) is 7.27. The summed E-state index contributed by atoms with van der Waals surface area (Å²) in [7, 11) is 0. The van der Waals surface area contributed by atoms with Gasteiger partial charge in [-0.05, 0) is 19.3 Å². The Balaban J connectivity index is 1.53. The fourth-order valence-corrected chi connectivity index (χ4v) is 2.50. The lowest BCUT2D eigenvalue weighted by Crippen LogP contribution is -2.35. The highest BCUT2D eigenvalue weighted by Crippen LogP contribution is 2.19. The Bertz CT molecular complexity index is 471. The molecule has 2 N–H and O–H groups in total. The van der Waals surface area contributed by atoms with Crippen molar-refractivity contribution in [2.45, 2.75) is 44.8 Å². The molecule has 2 aliphatic rings.